The summed E-state index contributed by atoms with van der Waals surface area (Å²) in [7, 11) is 0. The molecule has 0 aromatic heterocycles. The highest BCUT2D eigenvalue weighted by Crippen LogP contribution is 2.26. The van der Waals surface area contributed by atoms with Gasteiger partial charge in [-0.2, -0.15) is 0 Å². The van der Waals surface area contributed by atoms with Crippen LogP contribution in [-0.2, 0) is 11.3 Å². The van der Waals surface area contributed by atoms with Gasteiger partial charge >= 0.3 is 0 Å². The van der Waals surface area contributed by atoms with Crippen molar-refractivity contribution in [1.82, 2.24) is 4.90 Å². The number of fused-ring (bicyclic) bond motifs is 1. The molecule has 2 amide bonds. The maximum Gasteiger partial charge on any atom is 0.270 e. The summed E-state index contributed by atoms with van der Waals surface area (Å²) < 4.78 is 5.40. The van der Waals surface area contributed by atoms with Gasteiger partial charge in [0.25, 0.3) is 17.5 Å². The Morgan fingerprint density at radius 3 is 2.44 bits per heavy atom. The number of nitro benzene ring substituents is 1. The van der Waals surface area contributed by atoms with Crippen LogP contribution in [0.2, 0.25) is 5.02 Å². The van der Waals surface area contributed by atoms with Gasteiger partial charge in [0.1, 0.15) is 0 Å². The quantitative estimate of drug-likeness (QED) is 0.441. The predicted molar refractivity (Wildman–Crippen MR) is 95.6 cm³/mol. The first-order valence-electron chi connectivity index (χ1n) is 8.01. The van der Waals surface area contributed by atoms with Gasteiger partial charge in [0.05, 0.1) is 41.9 Å². The van der Waals surface area contributed by atoms with Crippen LogP contribution in [0.5, 0.6) is 0 Å². The molecule has 2 aromatic rings. The Bertz CT molecular complexity index is 899. The second-order valence-electron chi connectivity index (χ2n) is 6.00. The molecule has 3 rings (SSSR count). The molecule has 8 nitrogen and oxygen atoms in total. The second kappa shape index (κ2) is 7.83. The van der Waals surface area contributed by atoms with Crippen molar-refractivity contribution in [3.05, 3.63) is 74.3 Å². The van der Waals surface area contributed by atoms with Gasteiger partial charge in [0.2, 0.25) is 0 Å². The molecule has 140 valence electrons. The minimum atomic E-state index is -1.09. The number of carbonyl (C=O) groups is 2. The van der Waals surface area contributed by atoms with Gasteiger partial charge < -0.3 is 9.84 Å². The normalized spacial score (nSPS) is 14.4. The Hall–Kier alpha value is -2.81. The van der Waals surface area contributed by atoms with Crippen LogP contribution < -0.4 is 0 Å². The number of hydrogen-bond donors (Lipinski definition) is 1. The zero-order chi connectivity index (χ0) is 19.6. The van der Waals surface area contributed by atoms with Crippen molar-refractivity contribution in [1.29, 1.82) is 0 Å². The Morgan fingerprint density at radius 2 is 1.78 bits per heavy atom. The number of ether oxygens (including phenoxy) is 1. The third-order valence-corrected chi connectivity index (χ3v) is 4.30. The maximum atomic E-state index is 12.4. The van der Waals surface area contributed by atoms with Gasteiger partial charge in [-0.25, -0.2) is 0 Å². The monoisotopic (exact) mass is 390 g/mol. The van der Waals surface area contributed by atoms with E-state index in [0.29, 0.717) is 5.02 Å². The average Bonchev–Trinajstić information content (AvgIpc) is 2.88. The van der Waals surface area contributed by atoms with Crippen LogP contribution in [0.15, 0.2) is 42.5 Å². The standard InChI is InChI=1S/C18H15ClN2O6/c19-12-3-1-11(2-4-12)9-27-10-14(22)8-20-17(23)15-6-5-13(21(25)26)7-16(15)18(20)24/h1-7,14,22H,8-10H2. The van der Waals surface area contributed by atoms with Crippen LogP contribution in [0.3, 0.4) is 0 Å². The number of nitrogens with zero attached hydrogens (tertiary/aromatic N) is 2. The largest absolute Gasteiger partial charge is 0.389 e. The number of halogens is 1. The van der Waals surface area contributed by atoms with E-state index >= 15 is 0 Å². The van der Waals surface area contributed by atoms with E-state index in [4.69, 9.17) is 16.3 Å². The van der Waals surface area contributed by atoms with Crippen molar-refractivity contribution < 1.29 is 24.4 Å². The van der Waals surface area contributed by atoms with Crippen LogP contribution in [0.4, 0.5) is 5.69 Å². The number of benzene rings is 2. The summed E-state index contributed by atoms with van der Waals surface area (Å²) in [5.74, 6) is -1.27. The number of nitro groups is 1. The molecule has 0 saturated carbocycles. The predicted octanol–water partition coefficient (Wildman–Crippen LogP) is 2.42. The van der Waals surface area contributed by atoms with Gasteiger partial charge in [-0.15, -0.1) is 0 Å². The number of aliphatic hydroxyl groups is 1. The van der Waals surface area contributed by atoms with Crippen LogP contribution in [0, 0.1) is 10.1 Å². The fraction of sp³-hybridized carbons (Fsp3) is 0.222. The smallest absolute Gasteiger partial charge is 0.270 e. The topological polar surface area (TPSA) is 110 Å². The summed E-state index contributed by atoms with van der Waals surface area (Å²) in [5, 5.41) is 21.5. The number of non-ortho nitro benzene ring substituents is 1. The van der Waals surface area contributed by atoms with E-state index in [2.05, 4.69) is 0 Å². The highest BCUT2D eigenvalue weighted by Gasteiger charge is 2.37. The molecule has 9 heteroatoms. The molecule has 0 radical (unpaired) electrons. The van der Waals surface area contributed by atoms with Crippen molar-refractivity contribution in [2.45, 2.75) is 12.7 Å². The number of aliphatic hydroxyl groups excluding tert-OH is 1. The fourth-order valence-electron chi connectivity index (χ4n) is 2.71. The Labute approximate surface area is 159 Å². The number of hydrogen-bond acceptors (Lipinski definition) is 6. The molecule has 1 N–H and O–H groups in total. The molecule has 1 atom stereocenters. The summed E-state index contributed by atoms with van der Waals surface area (Å²) in [4.78, 5) is 35.7. The van der Waals surface area contributed by atoms with Crippen LogP contribution in [-0.4, -0.2) is 46.0 Å². The molecule has 0 saturated heterocycles. The molecule has 1 aliphatic rings. The summed E-state index contributed by atoms with van der Waals surface area (Å²) in [6.07, 6.45) is -1.09. The molecule has 1 heterocycles. The van der Waals surface area contributed by atoms with Crippen molar-refractivity contribution in [3.63, 3.8) is 0 Å². The molecule has 0 fully saturated rings. The first kappa shape index (κ1) is 19.0. The Morgan fingerprint density at radius 1 is 1.11 bits per heavy atom. The van der Waals surface area contributed by atoms with E-state index in [1.54, 1.807) is 24.3 Å². The SMILES string of the molecule is O=C1c2ccc([N+](=O)[O-])cc2C(=O)N1CC(O)COCc1ccc(Cl)cc1. The third kappa shape index (κ3) is 4.13. The number of imide groups is 1. The maximum absolute atomic E-state index is 12.4. The molecular weight excluding hydrogens is 376 g/mol. The molecule has 0 aliphatic carbocycles. The molecule has 2 aromatic carbocycles. The first-order chi connectivity index (χ1) is 12.9. The second-order valence-corrected chi connectivity index (χ2v) is 6.44. The van der Waals surface area contributed by atoms with E-state index in [-0.39, 0.29) is 36.6 Å². The number of β-amino-alcohol motifs (C(OH)–C–C–N with tert-alkyl or cyclic N) is 1. The minimum absolute atomic E-state index is 0.0384. The number of carbonyl (C=O) groups excluding carboxylic acids is 2. The highest BCUT2D eigenvalue weighted by molar-refractivity contribution is 6.30. The fourth-order valence-corrected chi connectivity index (χ4v) is 2.84. The molecule has 27 heavy (non-hydrogen) atoms. The summed E-state index contributed by atoms with van der Waals surface area (Å²) in [5.41, 5.74) is 0.631. The van der Waals surface area contributed by atoms with E-state index < -0.39 is 22.8 Å². The lowest BCUT2D eigenvalue weighted by Gasteiger charge is -2.18. The Kier molecular flexibility index (Phi) is 5.50. The van der Waals surface area contributed by atoms with Gasteiger partial charge in [-0.1, -0.05) is 23.7 Å². The van der Waals surface area contributed by atoms with Crippen molar-refractivity contribution in [3.8, 4) is 0 Å². The zero-order valence-electron chi connectivity index (χ0n) is 14.0. The molecule has 0 spiro atoms. The lowest BCUT2D eigenvalue weighted by Crippen LogP contribution is -2.38. The van der Waals surface area contributed by atoms with Crippen LogP contribution >= 0.6 is 11.6 Å². The first-order valence-corrected chi connectivity index (χ1v) is 8.39. The summed E-state index contributed by atoms with van der Waals surface area (Å²) >= 11 is 5.80. The average molecular weight is 391 g/mol. The van der Waals surface area contributed by atoms with Crippen LogP contribution in [0.1, 0.15) is 26.3 Å². The van der Waals surface area contributed by atoms with Crippen molar-refractivity contribution in [2.24, 2.45) is 0 Å². The summed E-state index contributed by atoms with van der Waals surface area (Å²) in [6.45, 7) is -0.112. The highest BCUT2D eigenvalue weighted by atomic mass is 35.5. The van der Waals surface area contributed by atoms with E-state index in [1.165, 1.54) is 12.1 Å². The summed E-state index contributed by atoms with van der Waals surface area (Å²) in [6, 6.07) is 10.5. The lowest BCUT2D eigenvalue weighted by molar-refractivity contribution is -0.384. The molecule has 0 bridgehead atoms. The Balaban J connectivity index is 1.58. The molecular formula is C18H15ClN2O6. The number of rotatable bonds is 7. The molecule has 1 unspecified atom stereocenters. The van der Waals surface area contributed by atoms with Crippen LogP contribution in [0.25, 0.3) is 0 Å². The van der Waals surface area contributed by atoms with Crippen molar-refractivity contribution >= 4 is 29.1 Å². The van der Waals surface area contributed by atoms with E-state index in [1.807, 2.05) is 0 Å². The zero-order valence-corrected chi connectivity index (χ0v) is 14.8. The minimum Gasteiger partial charge on any atom is -0.389 e. The van der Waals surface area contributed by atoms with Gasteiger partial charge in [0, 0.05) is 17.2 Å². The van der Waals surface area contributed by atoms with E-state index in [9.17, 15) is 24.8 Å². The molecule has 1 aliphatic heterocycles. The van der Waals surface area contributed by atoms with Gasteiger partial charge in [0.15, 0.2) is 0 Å². The van der Waals surface area contributed by atoms with Gasteiger partial charge in [-0.05, 0) is 23.8 Å². The lowest BCUT2D eigenvalue weighted by atomic mass is 10.1. The van der Waals surface area contributed by atoms with Crippen molar-refractivity contribution in [2.75, 3.05) is 13.2 Å². The van der Waals surface area contributed by atoms with E-state index in [0.717, 1.165) is 16.5 Å². The number of amides is 2. The third-order valence-electron chi connectivity index (χ3n) is 4.05. The van der Waals surface area contributed by atoms with Gasteiger partial charge in [-0.3, -0.25) is 24.6 Å².